The molecule has 0 N–H and O–H groups in total. The van der Waals surface area contributed by atoms with Gasteiger partial charge in [0.2, 0.25) is 5.91 Å². The maximum atomic E-state index is 12.3. The minimum Gasteiger partial charge on any atom is -0.339 e. The van der Waals surface area contributed by atoms with Gasteiger partial charge in [-0.2, -0.15) is 0 Å². The van der Waals surface area contributed by atoms with Crippen molar-refractivity contribution in [3.8, 4) is 0 Å². The van der Waals surface area contributed by atoms with Crippen molar-refractivity contribution in [2.24, 2.45) is 0 Å². The standard InChI is InChI=1S/C16H19N5OS/c22-15(4-3-14-17-7-11-23-14)20-9-5-12(6-10-20)16-19-18-13-2-1-8-21(13)16/h3-4,7,11-12H,1-2,5-6,8-10H2. The number of rotatable bonds is 3. The van der Waals surface area contributed by atoms with Crippen LogP contribution in [-0.4, -0.2) is 43.6 Å². The van der Waals surface area contributed by atoms with Gasteiger partial charge in [0, 0.05) is 49.6 Å². The summed E-state index contributed by atoms with van der Waals surface area (Å²) in [5.41, 5.74) is 0. The van der Waals surface area contributed by atoms with Gasteiger partial charge >= 0.3 is 0 Å². The van der Waals surface area contributed by atoms with Gasteiger partial charge in [-0.25, -0.2) is 4.98 Å². The average Bonchev–Trinajstić information content (AvgIpc) is 3.30. The lowest BCUT2D eigenvalue weighted by atomic mass is 9.96. The summed E-state index contributed by atoms with van der Waals surface area (Å²) in [6, 6.07) is 0. The Morgan fingerprint density at radius 1 is 1.26 bits per heavy atom. The second-order valence-electron chi connectivity index (χ2n) is 6.03. The first-order valence-corrected chi connectivity index (χ1v) is 8.97. The summed E-state index contributed by atoms with van der Waals surface area (Å²) in [7, 11) is 0. The van der Waals surface area contributed by atoms with E-state index < -0.39 is 0 Å². The van der Waals surface area contributed by atoms with Gasteiger partial charge in [-0.15, -0.1) is 21.5 Å². The molecule has 1 amide bonds. The van der Waals surface area contributed by atoms with Crippen molar-refractivity contribution in [1.29, 1.82) is 0 Å². The largest absolute Gasteiger partial charge is 0.339 e. The molecule has 0 aliphatic carbocycles. The van der Waals surface area contributed by atoms with Crippen LogP contribution in [-0.2, 0) is 17.8 Å². The van der Waals surface area contributed by atoms with E-state index in [2.05, 4.69) is 19.7 Å². The zero-order valence-corrected chi connectivity index (χ0v) is 13.7. The van der Waals surface area contributed by atoms with Crippen LogP contribution in [0.5, 0.6) is 0 Å². The summed E-state index contributed by atoms with van der Waals surface area (Å²) in [5.74, 6) is 2.76. The molecule has 0 spiro atoms. The van der Waals surface area contributed by atoms with E-state index in [1.54, 1.807) is 18.3 Å². The van der Waals surface area contributed by atoms with E-state index in [1.165, 1.54) is 17.8 Å². The molecule has 0 aromatic carbocycles. The topological polar surface area (TPSA) is 63.9 Å². The van der Waals surface area contributed by atoms with Crippen LogP contribution >= 0.6 is 11.3 Å². The predicted octanol–water partition coefficient (Wildman–Crippen LogP) is 2.10. The van der Waals surface area contributed by atoms with E-state index in [4.69, 9.17) is 0 Å². The Balaban J connectivity index is 1.36. The second kappa shape index (κ2) is 6.23. The fraction of sp³-hybridized carbons (Fsp3) is 0.500. The molecule has 0 saturated carbocycles. The minimum absolute atomic E-state index is 0.0742. The van der Waals surface area contributed by atoms with Gasteiger partial charge in [-0.05, 0) is 25.3 Å². The number of piperidine rings is 1. The molecule has 0 unspecified atom stereocenters. The van der Waals surface area contributed by atoms with Gasteiger partial charge in [0.1, 0.15) is 16.7 Å². The Morgan fingerprint density at radius 3 is 2.91 bits per heavy atom. The smallest absolute Gasteiger partial charge is 0.246 e. The molecule has 0 radical (unpaired) electrons. The SMILES string of the molecule is O=C(C=Cc1nccs1)N1CCC(c2nnc3n2CCC3)CC1. The van der Waals surface area contributed by atoms with Crippen LogP contribution in [0.25, 0.3) is 6.08 Å². The van der Waals surface area contributed by atoms with Gasteiger partial charge in [0.15, 0.2) is 0 Å². The quantitative estimate of drug-likeness (QED) is 0.809. The molecule has 1 fully saturated rings. The van der Waals surface area contributed by atoms with E-state index in [-0.39, 0.29) is 5.91 Å². The number of thiazole rings is 1. The van der Waals surface area contributed by atoms with Crippen molar-refractivity contribution in [2.45, 2.75) is 38.1 Å². The third kappa shape index (κ3) is 2.93. The normalized spacial score (nSPS) is 18.7. The number of amides is 1. The van der Waals surface area contributed by atoms with Crippen LogP contribution in [0, 0.1) is 0 Å². The highest BCUT2D eigenvalue weighted by atomic mass is 32.1. The molecule has 2 aliphatic rings. The number of fused-ring (bicyclic) bond motifs is 1. The Kier molecular flexibility index (Phi) is 3.95. The van der Waals surface area contributed by atoms with Gasteiger partial charge in [-0.1, -0.05) is 0 Å². The molecular weight excluding hydrogens is 310 g/mol. The molecule has 1 saturated heterocycles. The number of carbonyl (C=O) groups is 1. The molecule has 2 aliphatic heterocycles. The Hall–Kier alpha value is -2.02. The molecule has 4 rings (SSSR count). The summed E-state index contributed by atoms with van der Waals surface area (Å²) < 4.78 is 2.28. The summed E-state index contributed by atoms with van der Waals surface area (Å²) in [6.07, 6.45) is 9.34. The fourth-order valence-corrected chi connectivity index (χ4v) is 3.93. The Labute approximate surface area is 138 Å². The van der Waals surface area contributed by atoms with E-state index in [9.17, 15) is 4.79 Å². The van der Waals surface area contributed by atoms with Gasteiger partial charge in [0.05, 0.1) is 0 Å². The van der Waals surface area contributed by atoms with Gasteiger partial charge in [-0.3, -0.25) is 4.79 Å². The van der Waals surface area contributed by atoms with Crippen LogP contribution in [0.4, 0.5) is 0 Å². The zero-order valence-electron chi connectivity index (χ0n) is 12.9. The van der Waals surface area contributed by atoms with Crippen LogP contribution in [0.3, 0.4) is 0 Å². The lowest BCUT2D eigenvalue weighted by Gasteiger charge is -2.30. The third-order valence-corrected chi connectivity index (χ3v) is 5.37. The average molecular weight is 329 g/mol. The Bertz CT molecular complexity index is 713. The molecule has 23 heavy (non-hydrogen) atoms. The Morgan fingerprint density at radius 2 is 2.13 bits per heavy atom. The van der Waals surface area contributed by atoms with Crippen molar-refractivity contribution in [3.05, 3.63) is 34.3 Å². The lowest BCUT2D eigenvalue weighted by Crippen LogP contribution is -2.37. The first-order valence-electron chi connectivity index (χ1n) is 8.10. The fourth-order valence-electron chi connectivity index (χ4n) is 3.40. The molecular formula is C16H19N5OS. The summed E-state index contributed by atoms with van der Waals surface area (Å²) >= 11 is 1.53. The van der Waals surface area contributed by atoms with Crippen LogP contribution in [0.1, 0.15) is 41.8 Å². The van der Waals surface area contributed by atoms with Crippen LogP contribution in [0.15, 0.2) is 17.7 Å². The number of aryl methyl sites for hydroxylation is 1. The molecule has 0 bridgehead atoms. The highest BCUT2D eigenvalue weighted by molar-refractivity contribution is 7.10. The van der Waals surface area contributed by atoms with Crippen molar-refractivity contribution in [1.82, 2.24) is 24.6 Å². The number of hydrogen-bond donors (Lipinski definition) is 0. The number of nitrogens with zero attached hydrogens (tertiary/aromatic N) is 5. The summed E-state index contributed by atoms with van der Waals surface area (Å²) in [6.45, 7) is 2.62. The van der Waals surface area contributed by atoms with Gasteiger partial charge < -0.3 is 9.47 Å². The lowest BCUT2D eigenvalue weighted by molar-refractivity contribution is -0.127. The van der Waals surface area contributed by atoms with E-state index in [0.29, 0.717) is 5.92 Å². The minimum atomic E-state index is 0.0742. The van der Waals surface area contributed by atoms with Crippen molar-refractivity contribution >= 4 is 23.3 Å². The predicted molar refractivity (Wildman–Crippen MR) is 88.0 cm³/mol. The number of aromatic nitrogens is 4. The zero-order chi connectivity index (χ0) is 15.6. The van der Waals surface area contributed by atoms with E-state index >= 15 is 0 Å². The number of likely N-dealkylation sites (tertiary alicyclic amines) is 1. The van der Waals surface area contributed by atoms with E-state index in [1.807, 2.05) is 10.3 Å². The second-order valence-corrected chi connectivity index (χ2v) is 6.96. The number of carbonyl (C=O) groups excluding carboxylic acids is 1. The monoisotopic (exact) mass is 329 g/mol. The maximum absolute atomic E-state index is 12.3. The summed E-state index contributed by atoms with van der Waals surface area (Å²) in [4.78, 5) is 18.3. The highest BCUT2D eigenvalue weighted by Crippen LogP contribution is 2.29. The highest BCUT2D eigenvalue weighted by Gasteiger charge is 2.28. The number of hydrogen-bond acceptors (Lipinski definition) is 5. The molecule has 2 aromatic heterocycles. The van der Waals surface area contributed by atoms with Crippen LogP contribution in [0.2, 0.25) is 0 Å². The third-order valence-electron chi connectivity index (χ3n) is 4.63. The van der Waals surface area contributed by atoms with Crippen molar-refractivity contribution < 1.29 is 4.79 Å². The first-order chi connectivity index (χ1) is 11.3. The molecule has 120 valence electrons. The van der Waals surface area contributed by atoms with Crippen molar-refractivity contribution in [2.75, 3.05) is 13.1 Å². The molecule has 7 heteroatoms. The summed E-state index contributed by atoms with van der Waals surface area (Å²) in [5, 5.41) is 11.5. The molecule has 6 nitrogen and oxygen atoms in total. The first kappa shape index (κ1) is 14.6. The molecule has 2 aromatic rings. The van der Waals surface area contributed by atoms with Crippen LogP contribution < -0.4 is 0 Å². The van der Waals surface area contributed by atoms with E-state index in [0.717, 1.165) is 55.6 Å². The van der Waals surface area contributed by atoms with Crippen molar-refractivity contribution in [3.63, 3.8) is 0 Å². The molecule has 0 atom stereocenters. The maximum Gasteiger partial charge on any atom is 0.246 e. The molecule has 4 heterocycles. The van der Waals surface area contributed by atoms with Gasteiger partial charge in [0.25, 0.3) is 0 Å².